The molecule has 1 N–H and O–H groups in total. The molecule has 1 rings (SSSR count). The van der Waals surface area contributed by atoms with Gasteiger partial charge in [-0.3, -0.25) is 0 Å². The summed E-state index contributed by atoms with van der Waals surface area (Å²) in [6.07, 6.45) is -0.163. The lowest BCUT2D eigenvalue weighted by atomic mass is 10.2. The van der Waals surface area contributed by atoms with Crippen molar-refractivity contribution in [1.29, 1.82) is 0 Å². The average molecular weight is 325 g/mol. The second kappa shape index (κ2) is 6.51. The van der Waals surface area contributed by atoms with E-state index in [0.29, 0.717) is 0 Å². The first kappa shape index (κ1) is 16.9. The van der Waals surface area contributed by atoms with Crippen LogP contribution >= 0.6 is 11.6 Å². The third kappa shape index (κ3) is 4.16. The number of hydrogen-bond acceptors (Lipinski definition) is 4. The molecule has 0 bridgehead atoms. The van der Waals surface area contributed by atoms with Crippen molar-refractivity contribution < 1.29 is 27.4 Å². The summed E-state index contributed by atoms with van der Waals surface area (Å²) < 4.78 is 43.0. The second-order valence-corrected chi connectivity index (χ2v) is 6.82. The molecule has 1 aromatic carbocycles. The SMILES string of the molecule is CC(C)OCCS(=O)(=O)c1cc(Cl)cc(C(=O)O)c1F. The number of carboxylic acids is 1. The zero-order chi connectivity index (χ0) is 15.5. The van der Waals surface area contributed by atoms with E-state index in [2.05, 4.69) is 0 Å². The van der Waals surface area contributed by atoms with Gasteiger partial charge in [-0.25, -0.2) is 17.6 Å². The van der Waals surface area contributed by atoms with Crippen molar-refractivity contribution in [3.63, 3.8) is 0 Å². The molecule has 112 valence electrons. The molecule has 0 aliphatic rings. The van der Waals surface area contributed by atoms with E-state index < -0.39 is 37.8 Å². The number of hydrogen-bond donors (Lipinski definition) is 1. The maximum absolute atomic E-state index is 13.9. The van der Waals surface area contributed by atoms with Gasteiger partial charge in [-0.15, -0.1) is 0 Å². The van der Waals surface area contributed by atoms with Gasteiger partial charge in [0.2, 0.25) is 0 Å². The minimum atomic E-state index is -4.01. The predicted octanol–water partition coefficient (Wildman–Crippen LogP) is 2.38. The molecule has 0 amide bonds. The third-order valence-corrected chi connectivity index (χ3v) is 4.26. The minimum absolute atomic E-state index is 0.117. The Bertz CT molecular complexity index is 613. The van der Waals surface area contributed by atoms with Crippen molar-refractivity contribution in [2.45, 2.75) is 24.8 Å². The smallest absolute Gasteiger partial charge is 0.338 e. The Labute approximate surface area is 121 Å². The first-order valence-corrected chi connectivity index (χ1v) is 7.75. The van der Waals surface area contributed by atoms with Crippen LogP contribution in [0.1, 0.15) is 24.2 Å². The van der Waals surface area contributed by atoms with Crippen LogP contribution in [0.2, 0.25) is 5.02 Å². The first-order chi connectivity index (χ1) is 9.15. The molecule has 5 nitrogen and oxygen atoms in total. The number of halogens is 2. The van der Waals surface area contributed by atoms with Gasteiger partial charge in [-0.2, -0.15) is 0 Å². The summed E-state index contributed by atoms with van der Waals surface area (Å²) in [5, 5.41) is 8.65. The number of rotatable bonds is 6. The quantitative estimate of drug-likeness (QED) is 0.869. The van der Waals surface area contributed by atoms with E-state index in [1.165, 1.54) is 0 Å². The fraction of sp³-hybridized carbons (Fsp3) is 0.417. The summed E-state index contributed by atoms with van der Waals surface area (Å²) in [5.41, 5.74) is -0.777. The van der Waals surface area contributed by atoms with Crippen LogP contribution in [0.25, 0.3) is 0 Å². The molecule has 0 aliphatic carbocycles. The van der Waals surface area contributed by atoms with Crippen LogP contribution in [0, 0.1) is 5.82 Å². The topological polar surface area (TPSA) is 80.7 Å². The molecule has 0 aromatic heterocycles. The molecular weight excluding hydrogens is 311 g/mol. The number of carbonyl (C=O) groups is 1. The van der Waals surface area contributed by atoms with Gasteiger partial charge in [0, 0.05) is 5.02 Å². The van der Waals surface area contributed by atoms with E-state index in [1.807, 2.05) is 0 Å². The zero-order valence-electron chi connectivity index (χ0n) is 10.9. The average Bonchev–Trinajstić information content (AvgIpc) is 2.30. The highest BCUT2D eigenvalue weighted by molar-refractivity contribution is 7.91. The predicted molar refractivity (Wildman–Crippen MR) is 71.5 cm³/mol. The highest BCUT2D eigenvalue weighted by atomic mass is 35.5. The lowest BCUT2D eigenvalue weighted by Crippen LogP contribution is -2.17. The molecule has 1 aromatic rings. The summed E-state index contributed by atoms with van der Waals surface area (Å²) in [6, 6.07) is 1.76. The van der Waals surface area contributed by atoms with Crippen molar-refractivity contribution in [1.82, 2.24) is 0 Å². The molecule has 0 radical (unpaired) electrons. The maximum Gasteiger partial charge on any atom is 0.338 e. The Balaban J connectivity index is 3.15. The molecule has 0 aliphatic heterocycles. The van der Waals surface area contributed by atoms with Gasteiger partial charge in [0.1, 0.15) is 4.90 Å². The number of benzene rings is 1. The van der Waals surface area contributed by atoms with E-state index >= 15 is 0 Å². The van der Waals surface area contributed by atoms with Crippen molar-refractivity contribution in [3.8, 4) is 0 Å². The van der Waals surface area contributed by atoms with E-state index in [0.717, 1.165) is 12.1 Å². The van der Waals surface area contributed by atoms with Gasteiger partial charge in [0.25, 0.3) is 0 Å². The molecule has 0 atom stereocenters. The lowest BCUT2D eigenvalue weighted by molar-refractivity contribution is 0.0691. The number of aromatic carboxylic acids is 1. The number of sulfone groups is 1. The summed E-state index contributed by atoms with van der Waals surface area (Å²) in [7, 11) is -4.01. The Kier molecular flexibility index (Phi) is 5.50. The molecular formula is C12H14ClFO5S. The van der Waals surface area contributed by atoms with Crippen LogP contribution in [0.3, 0.4) is 0 Å². The second-order valence-electron chi connectivity index (χ2n) is 4.31. The highest BCUT2D eigenvalue weighted by Crippen LogP contribution is 2.24. The minimum Gasteiger partial charge on any atom is -0.478 e. The summed E-state index contributed by atoms with van der Waals surface area (Å²) in [4.78, 5) is 10.1. The van der Waals surface area contributed by atoms with Gasteiger partial charge >= 0.3 is 5.97 Å². The van der Waals surface area contributed by atoms with Crippen LogP contribution in [0.15, 0.2) is 17.0 Å². The summed E-state index contributed by atoms with van der Waals surface area (Å²) >= 11 is 5.63. The molecule has 0 saturated heterocycles. The van der Waals surface area contributed by atoms with Crippen LogP contribution in [0.4, 0.5) is 4.39 Å². The Morgan fingerprint density at radius 1 is 1.45 bits per heavy atom. The first-order valence-electron chi connectivity index (χ1n) is 5.72. The standard InChI is InChI=1S/C12H14ClFO5S/c1-7(2)19-3-4-20(17,18)10-6-8(13)5-9(11(10)14)12(15)16/h5-7H,3-4H2,1-2H3,(H,15,16). The highest BCUT2D eigenvalue weighted by Gasteiger charge is 2.25. The van der Waals surface area contributed by atoms with E-state index in [-0.39, 0.29) is 17.7 Å². The van der Waals surface area contributed by atoms with Gasteiger partial charge in [0.05, 0.1) is 24.0 Å². The Morgan fingerprint density at radius 2 is 2.05 bits per heavy atom. The van der Waals surface area contributed by atoms with Crippen LogP contribution in [-0.2, 0) is 14.6 Å². The van der Waals surface area contributed by atoms with Gasteiger partial charge in [-0.05, 0) is 26.0 Å². The van der Waals surface area contributed by atoms with Gasteiger partial charge < -0.3 is 9.84 Å². The molecule has 0 saturated carbocycles. The fourth-order valence-corrected chi connectivity index (χ4v) is 2.96. The summed E-state index contributed by atoms with van der Waals surface area (Å²) in [6.45, 7) is 3.35. The van der Waals surface area contributed by atoms with E-state index in [4.69, 9.17) is 21.4 Å². The van der Waals surface area contributed by atoms with Crippen LogP contribution < -0.4 is 0 Å². The van der Waals surface area contributed by atoms with Crippen molar-refractivity contribution >= 4 is 27.4 Å². The molecule has 0 unspecified atom stereocenters. The normalized spacial score (nSPS) is 11.8. The number of ether oxygens (including phenoxy) is 1. The van der Waals surface area contributed by atoms with Crippen molar-refractivity contribution in [3.05, 3.63) is 28.5 Å². The summed E-state index contributed by atoms with van der Waals surface area (Å²) in [5.74, 6) is -3.35. The molecule has 0 spiro atoms. The van der Waals surface area contributed by atoms with E-state index in [1.54, 1.807) is 13.8 Å². The Hall–Kier alpha value is -1.18. The number of carboxylic acid groups (broad SMARTS) is 1. The van der Waals surface area contributed by atoms with E-state index in [9.17, 15) is 17.6 Å². The third-order valence-electron chi connectivity index (χ3n) is 2.37. The molecule has 20 heavy (non-hydrogen) atoms. The maximum atomic E-state index is 13.9. The zero-order valence-corrected chi connectivity index (χ0v) is 12.5. The largest absolute Gasteiger partial charge is 0.478 e. The van der Waals surface area contributed by atoms with Gasteiger partial charge in [0.15, 0.2) is 15.7 Å². The fourth-order valence-electron chi connectivity index (χ4n) is 1.45. The molecule has 0 fully saturated rings. The van der Waals surface area contributed by atoms with Crippen LogP contribution in [0.5, 0.6) is 0 Å². The lowest BCUT2D eigenvalue weighted by Gasteiger charge is -2.10. The van der Waals surface area contributed by atoms with Crippen molar-refractivity contribution in [2.24, 2.45) is 0 Å². The monoisotopic (exact) mass is 324 g/mol. The van der Waals surface area contributed by atoms with Gasteiger partial charge in [-0.1, -0.05) is 11.6 Å². The molecule has 0 heterocycles. The van der Waals surface area contributed by atoms with Crippen LogP contribution in [-0.4, -0.2) is 38.0 Å². The van der Waals surface area contributed by atoms with Crippen molar-refractivity contribution in [2.75, 3.05) is 12.4 Å². The Morgan fingerprint density at radius 3 is 2.55 bits per heavy atom. The molecule has 8 heteroatoms.